The van der Waals surface area contributed by atoms with E-state index in [2.05, 4.69) is 18.3 Å². The van der Waals surface area contributed by atoms with Crippen molar-refractivity contribution in [3.05, 3.63) is 23.8 Å². The van der Waals surface area contributed by atoms with Crippen LogP contribution in [0.1, 0.15) is 57.9 Å². The number of rotatable bonds is 7. The molecule has 0 aromatic heterocycles. The zero-order valence-electron chi connectivity index (χ0n) is 13.4. The number of nitrogens with one attached hydrogen (secondary N) is 1. The first kappa shape index (κ1) is 16.2. The zero-order chi connectivity index (χ0) is 15.1. The number of hydrogen-bond donors (Lipinski definition) is 2. The Kier molecular flexibility index (Phi) is 6.37. The first-order valence-electron chi connectivity index (χ1n) is 8.39. The van der Waals surface area contributed by atoms with Crippen molar-refractivity contribution in [1.82, 2.24) is 0 Å². The van der Waals surface area contributed by atoms with Crippen molar-refractivity contribution in [3.8, 4) is 5.75 Å². The van der Waals surface area contributed by atoms with E-state index in [9.17, 15) is 5.11 Å². The summed E-state index contributed by atoms with van der Waals surface area (Å²) >= 11 is 0. The van der Waals surface area contributed by atoms with Crippen LogP contribution in [0.3, 0.4) is 0 Å². The second kappa shape index (κ2) is 8.28. The molecule has 0 unspecified atom stereocenters. The summed E-state index contributed by atoms with van der Waals surface area (Å²) in [6.07, 6.45) is 7.88. The van der Waals surface area contributed by atoms with Gasteiger partial charge < -0.3 is 15.2 Å². The van der Waals surface area contributed by atoms with Crippen molar-refractivity contribution in [2.24, 2.45) is 5.92 Å². The van der Waals surface area contributed by atoms with Crippen LogP contribution < -0.4 is 10.1 Å². The molecule has 1 aromatic carbocycles. The SMILES string of the molecule is CCCC1CCC(Nc2ccc(OCC)c(CO)c2)CC1. The van der Waals surface area contributed by atoms with Gasteiger partial charge in [-0.15, -0.1) is 0 Å². The molecular formula is C18H29NO2. The van der Waals surface area contributed by atoms with Crippen molar-refractivity contribution < 1.29 is 9.84 Å². The van der Waals surface area contributed by atoms with Crippen molar-refractivity contribution >= 4 is 5.69 Å². The van der Waals surface area contributed by atoms with Crippen LogP contribution in [0, 0.1) is 5.92 Å². The second-order valence-electron chi connectivity index (χ2n) is 6.06. The van der Waals surface area contributed by atoms with Crippen LogP contribution in [0.2, 0.25) is 0 Å². The molecule has 2 N–H and O–H groups in total. The summed E-state index contributed by atoms with van der Waals surface area (Å²) in [7, 11) is 0. The van der Waals surface area contributed by atoms with Gasteiger partial charge in [0.15, 0.2) is 0 Å². The lowest BCUT2D eigenvalue weighted by molar-refractivity contribution is 0.267. The highest BCUT2D eigenvalue weighted by atomic mass is 16.5. The highest BCUT2D eigenvalue weighted by Crippen LogP contribution is 2.30. The predicted octanol–water partition coefficient (Wildman–Crippen LogP) is 4.35. The van der Waals surface area contributed by atoms with E-state index in [1.54, 1.807) is 0 Å². The van der Waals surface area contributed by atoms with Gasteiger partial charge in [-0.25, -0.2) is 0 Å². The Labute approximate surface area is 128 Å². The van der Waals surface area contributed by atoms with Gasteiger partial charge >= 0.3 is 0 Å². The first-order valence-corrected chi connectivity index (χ1v) is 8.39. The lowest BCUT2D eigenvalue weighted by atomic mass is 9.83. The summed E-state index contributed by atoms with van der Waals surface area (Å²) in [5, 5.41) is 13.1. The number of anilines is 1. The Morgan fingerprint density at radius 3 is 2.57 bits per heavy atom. The fourth-order valence-corrected chi connectivity index (χ4v) is 3.33. The Morgan fingerprint density at radius 2 is 1.95 bits per heavy atom. The van der Waals surface area contributed by atoms with E-state index >= 15 is 0 Å². The first-order chi connectivity index (χ1) is 10.3. The van der Waals surface area contributed by atoms with Crippen molar-refractivity contribution in [2.45, 2.75) is 65.0 Å². The number of ether oxygens (including phenoxy) is 1. The van der Waals surface area contributed by atoms with Gasteiger partial charge in [0.1, 0.15) is 5.75 Å². The van der Waals surface area contributed by atoms with E-state index in [0.29, 0.717) is 12.6 Å². The van der Waals surface area contributed by atoms with Gasteiger partial charge in [-0.3, -0.25) is 0 Å². The molecule has 21 heavy (non-hydrogen) atoms. The van der Waals surface area contributed by atoms with Gasteiger partial charge in [0, 0.05) is 17.3 Å². The Bertz CT molecular complexity index is 425. The Hall–Kier alpha value is -1.22. The molecule has 1 saturated carbocycles. The standard InChI is InChI=1S/C18H29NO2/c1-3-5-14-6-8-16(9-7-14)19-17-10-11-18(21-4-2)15(12-17)13-20/h10-12,14,16,19-20H,3-9,13H2,1-2H3. The highest BCUT2D eigenvalue weighted by molar-refractivity contribution is 5.51. The smallest absolute Gasteiger partial charge is 0.124 e. The average Bonchev–Trinajstić information content (AvgIpc) is 2.51. The molecule has 1 aromatic rings. The third kappa shape index (κ3) is 4.63. The summed E-state index contributed by atoms with van der Waals surface area (Å²) < 4.78 is 5.53. The molecule has 1 fully saturated rings. The summed E-state index contributed by atoms with van der Waals surface area (Å²) in [5.74, 6) is 1.72. The minimum atomic E-state index is 0.0219. The van der Waals surface area contributed by atoms with E-state index < -0.39 is 0 Å². The van der Waals surface area contributed by atoms with Crippen LogP contribution in [0.25, 0.3) is 0 Å². The van der Waals surface area contributed by atoms with Gasteiger partial charge in [-0.05, 0) is 56.7 Å². The summed E-state index contributed by atoms with van der Waals surface area (Å²) in [4.78, 5) is 0. The minimum Gasteiger partial charge on any atom is -0.494 e. The van der Waals surface area contributed by atoms with E-state index in [-0.39, 0.29) is 6.61 Å². The summed E-state index contributed by atoms with van der Waals surface area (Å²) in [5.41, 5.74) is 1.96. The third-order valence-corrected chi connectivity index (χ3v) is 4.45. The van der Waals surface area contributed by atoms with Crippen LogP contribution in [-0.4, -0.2) is 17.8 Å². The van der Waals surface area contributed by atoms with Crippen molar-refractivity contribution in [1.29, 1.82) is 0 Å². The molecule has 0 atom stereocenters. The highest BCUT2D eigenvalue weighted by Gasteiger charge is 2.20. The monoisotopic (exact) mass is 291 g/mol. The van der Waals surface area contributed by atoms with E-state index in [0.717, 1.165) is 22.9 Å². The molecule has 0 bridgehead atoms. The summed E-state index contributed by atoms with van der Waals surface area (Å²) in [6, 6.07) is 6.61. The van der Waals surface area contributed by atoms with Gasteiger partial charge in [-0.2, -0.15) is 0 Å². The summed E-state index contributed by atoms with van der Waals surface area (Å²) in [6.45, 7) is 4.89. The molecule has 0 aliphatic heterocycles. The van der Waals surface area contributed by atoms with Crippen LogP contribution in [0.4, 0.5) is 5.69 Å². The van der Waals surface area contributed by atoms with Crippen molar-refractivity contribution in [3.63, 3.8) is 0 Å². The fraction of sp³-hybridized carbons (Fsp3) is 0.667. The molecule has 3 heteroatoms. The largest absolute Gasteiger partial charge is 0.494 e. The van der Waals surface area contributed by atoms with E-state index in [1.165, 1.54) is 38.5 Å². The fourth-order valence-electron chi connectivity index (χ4n) is 3.33. The maximum Gasteiger partial charge on any atom is 0.124 e. The van der Waals surface area contributed by atoms with E-state index in [1.807, 2.05) is 19.1 Å². The van der Waals surface area contributed by atoms with Crippen LogP contribution in [-0.2, 0) is 6.61 Å². The maximum absolute atomic E-state index is 9.46. The Balaban J connectivity index is 1.91. The van der Waals surface area contributed by atoms with Crippen LogP contribution in [0.5, 0.6) is 5.75 Å². The van der Waals surface area contributed by atoms with Gasteiger partial charge in [-0.1, -0.05) is 19.8 Å². The second-order valence-corrected chi connectivity index (χ2v) is 6.06. The van der Waals surface area contributed by atoms with Gasteiger partial charge in [0.05, 0.1) is 13.2 Å². The molecule has 0 spiro atoms. The maximum atomic E-state index is 9.46. The molecule has 1 aliphatic rings. The minimum absolute atomic E-state index is 0.0219. The zero-order valence-corrected chi connectivity index (χ0v) is 13.4. The number of aliphatic hydroxyl groups is 1. The number of aliphatic hydroxyl groups excluding tert-OH is 1. The van der Waals surface area contributed by atoms with E-state index in [4.69, 9.17) is 4.74 Å². The van der Waals surface area contributed by atoms with Gasteiger partial charge in [0.25, 0.3) is 0 Å². The Morgan fingerprint density at radius 1 is 1.19 bits per heavy atom. The van der Waals surface area contributed by atoms with Crippen LogP contribution in [0.15, 0.2) is 18.2 Å². The lowest BCUT2D eigenvalue weighted by Gasteiger charge is -2.29. The topological polar surface area (TPSA) is 41.5 Å². The molecule has 0 radical (unpaired) electrons. The van der Waals surface area contributed by atoms with Crippen LogP contribution >= 0.6 is 0 Å². The molecule has 1 aliphatic carbocycles. The molecular weight excluding hydrogens is 262 g/mol. The molecule has 0 amide bonds. The molecule has 2 rings (SSSR count). The molecule has 0 heterocycles. The van der Waals surface area contributed by atoms with Gasteiger partial charge in [0.2, 0.25) is 0 Å². The number of hydrogen-bond acceptors (Lipinski definition) is 3. The predicted molar refractivity (Wildman–Crippen MR) is 87.8 cm³/mol. The quantitative estimate of drug-likeness (QED) is 0.785. The lowest BCUT2D eigenvalue weighted by Crippen LogP contribution is -2.26. The third-order valence-electron chi connectivity index (χ3n) is 4.45. The average molecular weight is 291 g/mol. The van der Waals surface area contributed by atoms with Crippen molar-refractivity contribution in [2.75, 3.05) is 11.9 Å². The molecule has 118 valence electrons. The molecule has 0 saturated heterocycles. The number of benzene rings is 1. The normalized spacial score (nSPS) is 22.0. The molecule has 3 nitrogen and oxygen atoms in total.